The lowest BCUT2D eigenvalue weighted by Gasteiger charge is -2.29. The summed E-state index contributed by atoms with van der Waals surface area (Å²) >= 11 is 0. The van der Waals surface area contributed by atoms with E-state index in [1.54, 1.807) is 26.0 Å². The maximum atomic E-state index is 13.4. The van der Waals surface area contributed by atoms with E-state index in [-0.39, 0.29) is 29.9 Å². The molecule has 1 rings (SSSR count). The van der Waals surface area contributed by atoms with Crippen molar-refractivity contribution < 1.29 is 29.4 Å². The van der Waals surface area contributed by atoms with Crippen molar-refractivity contribution in [3.8, 4) is 5.75 Å². The second kappa shape index (κ2) is 15.2. The van der Waals surface area contributed by atoms with Gasteiger partial charge in [-0.2, -0.15) is 0 Å². The Labute approximate surface area is 219 Å². The number of carbonyl (C=O) groups excluding carboxylic acids is 3. The summed E-state index contributed by atoms with van der Waals surface area (Å²) in [5, 5.41) is 27.2. The second-order valence-corrected chi connectivity index (χ2v) is 10.2. The molecule has 0 aromatic heterocycles. The van der Waals surface area contributed by atoms with E-state index in [1.165, 1.54) is 12.1 Å². The molecular formula is C27H44N4O6. The third-order valence-electron chi connectivity index (χ3n) is 6.64. The molecular weight excluding hydrogens is 476 g/mol. The van der Waals surface area contributed by atoms with Gasteiger partial charge in [-0.05, 0) is 41.9 Å². The fraction of sp³-hybridized carbons (Fsp3) is 0.630. The highest BCUT2D eigenvalue weighted by molar-refractivity contribution is 5.94. The number of phenolic OH excluding ortho intramolecular Hbond substituents is 1. The predicted octanol–water partition coefficient (Wildman–Crippen LogP) is 1.94. The van der Waals surface area contributed by atoms with Crippen LogP contribution >= 0.6 is 0 Å². The van der Waals surface area contributed by atoms with Crippen LogP contribution in [0.25, 0.3) is 0 Å². The van der Waals surface area contributed by atoms with Crippen molar-refractivity contribution in [3.63, 3.8) is 0 Å². The van der Waals surface area contributed by atoms with Gasteiger partial charge in [0.2, 0.25) is 17.7 Å². The zero-order valence-corrected chi connectivity index (χ0v) is 22.8. The number of amides is 3. The number of aromatic hydroxyl groups is 1. The van der Waals surface area contributed by atoms with Gasteiger partial charge in [-0.15, -0.1) is 0 Å². The van der Waals surface area contributed by atoms with Crippen molar-refractivity contribution in [3.05, 3.63) is 29.8 Å². The SMILES string of the molecule is CCC(C)C(NC(=O)C(NC(=O)C(Cc1ccc(O)cc1)NC(=O)C(N)CC(C)C)C(C)CC)C(=O)O. The van der Waals surface area contributed by atoms with Crippen molar-refractivity contribution in [2.45, 2.75) is 91.4 Å². The Balaban J connectivity index is 3.18. The smallest absolute Gasteiger partial charge is 0.326 e. The number of carbonyl (C=O) groups is 4. The highest BCUT2D eigenvalue weighted by Gasteiger charge is 2.34. The van der Waals surface area contributed by atoms with E-state index in [2.05, 4.69) is 16.0 Å². The molecule has 0 aliphatic heterocycles. The first-order chi connectivity index (χ1) is 17.3. The van der Waals surface area contributed by atoms with E-state index < -0.39 is 47.9 Å². The Bertz CT molecular complexity index is 905. The van der Waals surface area contributed by atoms with E-state index in [0.717, 1.165) is 0 Å². The Kier molecular flexibility index (Phi) is 13.1. The normalized spacial score (nSPS) is 16.1. The van der Waals surface area contributed by atoms with Gasteiger partial charge in [0, 0.05) is 6.42 Å². The quantitative estimate of drug-likeness (QED) is 0.205. The van der Waals surface area contributed by atoms with E-state index in [4.69, 9.17) is 5.73 Å². The summed E-state index contributed by atoms with van der Waals surface area (Å²) in [7, 11) is 0. The van der Waals surface area contributed by atoms with Crippen molar-refractivity contribution in [2.24, 2.45) is 23.5 Å². The maximum Gasteiger partial charge on any atom is 0.326 e. The molecule has 0 radical (unpaired) electrons. The lowest BCUT2D eigenvalue weighted by molar-refractivity contribution is -0.144. The van der Waals surface area contributed by atoms with Crippen LogP contribution in [0.2, 0.25) is 0 Å². The molecule has 6 unspecified atom stereocenters. The highest BCUT2D eigenvalue weighted by Crippen LogP contribution is 2.15. The van der Waals surface area contributed by atoms with Crippen LogP contribution in [0.1, 0.15) is 66.4 Å². The molecule has 10 heteroatoms. The number of aliphatic carboxylic acids is 1. The van der Waals surface area contributed by atoms with E-state index in [0.29, 0.717) is 24.8 Å². The van der Waals surface area contributed by atoms with Crippen LogP contribution in [0.5, 0.6) is 5.75 Å². The summed E-state index contributed by atoms with van der Waals surface area (Å²) in [6.45, 7) is 11.1. The average molecular weight is 521 g/mol. The van der Waals surface area contributed by atoms with Gasteiger partial charge in [0.25, 0.3) is 0 Å². The number of nitrogens with one attached hydrogen (secondary N) is 3. The van der Waals surface area contributed by atoms with Gasteiger partial charge in [-0.3, -0.25) is 14.4 Å². The van der Waals surface area contributed by atoms with Crippen molar-refractivity contribution in [1.82, 2.24) is 16.0 Å². The van der Waals surface area contributed by atoms with Gasteiger partial charge in [0.15, 0.2) is 0 Å². The number of rotatable bonds is 15. The third kappa shape index (κ3) is 10.4. The van der Waals surface area contributed by atoms with Crippen molar-refractivity contribution >= 4 is 23.7 Å². The summed E-state index contributed by atoms with van der Waals surface area (Å²) in [5.41, 5.74) is 6.71. The van der Waals surface area contributed by atoms with Gasteiger partial charge >= 0.3 is 5.97 Å². The van der Waals surface area contributed by atoms with Crippen molar-refractivity contribution in [1.29, 1.82) is 0 Å². The number of phenols is 1. The fourth-order valence-corrected chi connectivity index (χ4v) is 3.85. The topological polar surface area (TPSA) is 171 Å². The summed E-state index contributed by atoms with van der Waals surface area (Å²) in [5.74, 6) is -3.18. The molecule has 0 saturated carbocycles. The first kappa shape index (κ1) is 31.9. The molecule has 37 heavy (non-hydrogen) atoms. The van der Waals surface area contributed by atoms with Crippen LogP contribution in [0.4, 0.5) is 0 Å². The summed E-state index contributed by atoms with van der Waals surface area (Å²) in [6, 6.07) is 2.28. The van der Waals surface area contributed by atoms with Gasteiger partial charge in [-0.1, -0.05) is 66.5 Å². The van der Waals surface area contributed by atoms with Crippen LogP contribution in [-0.2, 0) is 25.6 Å². The second-order valence-electron chi connectivity index (χ2n) is 10.2. The lowest BCUT2D eigenvalue weighted by atomic mass is 9.94. The fourth-order valence-electron chi connectivity index (χ4n) is 3.85. The van der Waals surface area contributed by atoms with Crippen LogP contribution in [0.3, 0.4) is 0 Å². The predicted molar refractivity (Wildman–Crippen MR) is 142 cm³/mol. The molecule has 10 nitrogen and oxygen atoms in total. The molecule has 0 heterocycles. The molecule has 0 fully saturated rings. The van der Waals surface area contributed by atoms with E-state index >= 15 is 0 Å². The van der Waals surface area contributed by atoms with Crippen LogP contribution in [-0.4, -0.2) is 58.1 Å². The number of benzene rings is 1. The summed E-state index contributed by atoms with van der Waals surface area (Å²) in [4.78, 5) is 51.1. The first-order valence-electron chi connectivity index (χ1n) is 13.0. The maximum absolute atomic E-state index is 13.4. The minimum Gasteiger partial charge on any atom is -0.508 e. The molecule has 0 aliphatic carbocycles. The number of nitrogens with two attached hydrogens (primary N) is 1. The van der Waals surface area contributed by atoms with E-state index in [1.807, 2.05) is 27.7 Å². The monoisotopic (exact) mass is 520 g/mol. The molecule has 0 aliphatic rings. The third-order valence-corrected chi connectivity index (χ3v) is 6.64. The molecule has 1 aromatic rings. The van der Waals surface area contributed by atoms with Crippen LogP contribution in [0.15, 0.2) is 24.3 Å². The van der Waals surface area contributed by atoms with Crippen LogP contribution < -0.4 is 21.7 Å². The molecule has 208 valence electrons. The molecule has 0 spiro atoms. The Morgan fingerprint density at radius 1 is 0.811 bits per heavy atom. The number of carboxylic acids is 1. The molecule has 1 aromatic carbocycles. The molecule has 7 N–H and O–H groups in total. The number of hydrogen-bond acceptors (Lipinski definition) is 6. The largest absolute Gasteiger partial charge is 0.508 e. The number of hydrogen-bond donors (Lipinski definition) is 6. The molecule has 0 bridgehead atoms. The minimum absolute atomic E-state index is 0.0653. The zero-order valence-electron chi connectivity index (χ0n) is 22.8. The zero-order chi connectivity index (χ0) is 28.3. The first-order valence-corrected chi connectivity index (χ1v) is 13.0. The van der Waals surface area contributed by atoms with E-state index in [9.17, 15) is 29.4 Å². The molecule has 0 saturated heterocycles. The Morgan fingerprint density at radius 2 is 1.32 bits per heavy atom. The average Bonchev–Trinajstić information content (AvgIpc) is 2.84. The Hall–Kier alpha value is -3.14. The van der Waals surface area contributed by atoms with Crippen molar-refractivity contribution in [2.75, 3.05) is 0 Å². The van der Waals surface area contributed by atoms with Gasteiger partial charge in [-0.25, -0.2) is 4.79 Å². The molecule has 3 amide bonds. The minimum atomic E-state index is -1.14. The van der Waals surface area contributed by atoms with Gasteiger partial charge in [0.05, 0.1) is 6.04 Å². The highest BCUT2D eigenvalue weighted by atomic mass is 16.4. The Morgan fingerprint density at radius 3 is 1.81 bits per heavy atom. The van der Waals surface area contributed by atoms with Gasteiger partial charge in [0.1, 0.15) is 23.9 Å². The summed E-state index contributed by atoms with van der Waals surface area (Å²) < 4.78 is 0. The molecule has 6 atom stereocenters. The standard InChI is InChI=1S/C27H44N4O6/c1-7-16(5)22(26(35)31-23(27(36)37)17(6)8-2)30-25(34)21(14-18-9-11-19(32)12-10-18)29-24(33)20(28)13-15(3)4/h9-12,15-17,20-23,32H,7-8,13-14,28H2,1-6H3,(H,29,33)(H,30,34)(H,31,35)(H,36,37). The summed E-state index contributed by atoms with van der Waals surface area (Å²) in [6.07, 6.45) is 1.64. The van der Waals surface area contributed by atoms with Crippen LogP contribution in [0, 0.1) is 17.8 Å². The van der Waals surface area contributed by atoms with Gasteiger partial charge < -0.3 is 31.9 Å². The lowest BCUT2D eigenvalue weighted by Crippen LogP contribution is -2.59. The number of carboxylic acid groups (broad SMARTS) is 1.